The largest absolute Gasteiger partial charge is 0.491 e. The van der Waals surface area contributed by atoms with Crippen molar-refractivity contribution >= 4 is 23.7 Å². The van der Waals surface area contributed by atoms with E-state index in [1.165, 1.54) is 31.2 Å². The average molecular weight is 631 g/mol. The van der Waals surface area contributed by atoms with Gasteiger partial charge in [0, 0.05) is 26.6 Å². The van der Waals surface area contributed by atoms with Crippen LogP contribution in [0.2, 0.25) is 0 Å². The highest BCUT2D eigenvalue weighted by Crippen LogP contribution is 2.35. The summed E-state index contributed by atoms with van der Waals surface area (Å²) in [5.74, 6) is 0.932. The first-order chi connectivity index (χ1) is 21.3. The van der Waals surface area contributed by atoms with Crippen LogP contribution in [0.1, 0.15) is 105 Å². The second kappa shape index (κ2) is 17.2. The van der Waals surface area contributed by atoms with Gasteiger partial charge < -0.3 is 29.6 Å². The molecule has 1 heterocycles. The first-order valence-corrected chi connectivity index (χ1v) is 17.0. The molecule has 1 aromatic carbocycles. The standard InChI is InChI=1S/C36H58N2O7/c1-23(2)27(20-30(38-35(41)45-36(5,6)7)32-22-28(24(3)4)34(40)44-32)21-33(39)37-29-19-26(18-25-12-9-10-13-25)14-15-31(29)43-17-11-16-42-8/h14-15,19,23-25,27-28,30,32H,9-13,16-18,20-22H2,1-8H3,(H,37,39)(H,38,41)/t27-,28+,30+,32+/m1/s1. The van der Waals surface area contributed by atoms with Crippen molar-refractivity contribution in [3.05, 3.63) is 23.8 Å². The van der Waals surface area contributed by atoms with Gasteiger partial charge in [-0.3, -0.25) is 9.59 Å². The minimum Gasteiger partial charge on any atom is -0.491 e. The minimum absolute atomic E-state index is 0.0884. The first-order valence-electron chi connectivity index (χ1n) is 17.0. The van der Waals surface area contributed by atoms with Gasteiger partial charge in [-0.25, -0.2) is 4.79 Å². The normalized spacial score (nSPS) is 20.3. The summed E-state index contributed by atoms with van der Waals surface area (Å²) in [4.78, 5) is 39.2. The van der Waals surface area contributed by atoms with E-state index >= 15 is 0 Å². The molecule has 4 atom stereocenters. The average Bonchev–Trinajstić information content (AvgIpc) is 3.59. The Labute approximate surface area is 270 Å². The maximum absolute atomic E-state index is 13.6. The summed E-state index contributed by atoms with van der Waals surface area (Å²) in [6, 6.07) is 5.65. The minimum atomic E-state index is -0.672. The predicted octanol–water partition coefficient (Wildman–Crippen LogP) is 7.31. The highest BCUT2D eigenvalue weighted by molar-refractivity contribution is 5.92. The zero-order valence-electron chi connectivity index (χ0n) is 28.9. The number of hydrogen-bond donors (Lipinski definition) is 2. The monoisotopic (exact) mass is 630 g/mol. The Hall–Kier alpha value is -2.81. The fourth-order valence-corrected chi connectivity index (χ4v) is 6.40. The van der Waals surface area contributed by atoms with E-state index in [2.05, 4.69) is 36.6 Å². The summed E-state index contributed by atoms with van der Waals surface area (Å²) in [7, 11) is 1.67. The number of ether oxygens (including phenoxy) is 4. The molecule has 9 nitrogen and oxygen atoms in total. The third-order valence-corrected chi connectivity index (χ3v) is 9.03. The van der Waals surface area contributed by atoms with Crippen LogP contribution in [0.25, 0.3) is 0 Å². The Balaban J connectivity index is 1.76. The summed E-state index contributed by atoms with van der Waals surface area (Å²) in [6.07, 6.45) is 7.00. The summed E-state index contributed by atoms with van der Waals surface area (Å²) >= 11 is 0. The fourth-order valence-electron chi connectivity index (χ4n) is 6.40. The molecule has 2 fully saturated rings. The van der Waals surface area contributed by atoms with Crippen LogP contribution in [0.3, 0.4) is 0 Å². The van der Waals surface area contributed by atoms with Gasteiger partial charge in [-0.1, -0.05) is 59.4 Å². The van der Waals surface area contributed by atoms with Crippen LogP contribution in [0.5, 0.6) is 5.75 Å². The van der Waals surface area contributed by atoms with Gasteiger partial charge in [0.1, 0.15) is 17.5 Å². The molecular formula is C36H58N2O7. The van der Waals surface area contributed by atoms with Crippen LogP contribution < -0.4 is 15.4 Å². The summed E-state index contributed by atoms with van der Waals surface area (Å²) in [5.41, 5.74) is 1.21. The summed E-state index contributed by atoms with van der Waals surface area (Å²) in [5, 5.41) is 6.14. The van der Waals surface area contributed by atoms with Crippen molar-refractivity contribution in [2.24, 2.45) is 29.6 Å². The molecule has 2 amide bonds. The second-order valence-electron chi connectivity index (χ2n) is 14.7. The molecule has 0 radical (unpaired) electrons. The second-order valence-corrected chi connectivity index (χ2v) is 14.7. The zero-order valence-corrected chi connectivity index (χ0v) is 28.9. The molecule has 9 heteroatoms. The summed E-state index contributed by atoms with van der Waals surface area (Å²) in [6.45, 7) is 14.7. The predicted molar refractivity (Wildman–Crippen MR) is 176 cm³/mol. The molecule has 1 aliphatic carbocycles. The number of rotatable bonds is 16. The number of hydrogen-bond acceptors (Lipinski definition) is 7. The van der Waals surface area contributed by atoms with E-state index in [1.807, 2.05) is 40.7 Å². The van der Waals surface area contributed by atoms with E-state index in [1.54, 1.807) is 7.11 Å². The number of methoxy groups -OCH3 is 1. The van der Waals surface area contributed by atoms with Gasteiger partial charge in [-0.15, -0.1) is 0 Å². The number of amides is 2. The number of esters is 1. The molecule has 0 aromatic heterocycles. The Morgan fingerprint density at radius 3 is 2.38 bits per heavy atom. The SMILES string of the molecule is COCCCOc1ccc(CC2CCCC2)cc1NC(=O)C[C@@H](C[C@H](NC(=O)OC(C)(C)C)[C@@H]1C[C@@H](C(C)C)C(=O)O1)C(C)C. The number of alkyl carbamates (subject to hydrolysis) is 1. The molecule has 3 rings (SSSR count). The highest BCUT2D eigenvalue weighted by Gasteiger charge is 2.42. The Morgan fingerprint density at radius 2 is 1.78 bits per heavy atom. The maximum atomic E-state index is 13.6. The molecule has 0 bridgehead atoms. The van der Waals surface area contributed by atoms with Crippen LogP contribution in [0.4, 0.5) is 10.5 Å². The van der Waals surface area contributed by atoms with Crippen molar-refractivity contribution in [2.75, 3.05) is 25.6 Å². The maximum Gasteiger partial charge on any atom is 0.408 e. The molecular weight excluding hydrogens is 572 g/mol. The van der Waals surface area contributed by atoms with Gasteiger partial charge in [-0.2, -0.15) is 0 Å². The van der Waals surface area contributed by atoms with Gasteiger partial charge >= 0.3 is 12.1 Å². The molecule has 1 saturated carbocycles. The fraction of sp³-hybridized carbons (Fsp3) is 0.750. The Morgan fingerprint density at radius 1 is 1.07 bits per heavy atom. The number of carbonyl (C=O) groups excluding carboxylic acids is 3. The topological polar surface area (TPSA) is 112 Å². The van der Waals surface area contributed by atoms with Gasteiger partial charge in [0.05, 0.1) is 24.3 Å². The Bertz CT molecular complexity index is 1110. The van der Waals surface area contributed by atoms with Crippen molar-refractivity contribution < 1.29 is 33.3 Å². The number of anilines is 1. The molecule has 45 heavy (non-hydrogen) atoms. The first kappa shape index (κ1) is 36.7. The number of benzene rings is 1. The molecule has 1 aromatic rings. The highest BCUT2D eigenvalue weighted by atomic mass is 16.6. The summed E-state index contributed by atoms with van der Waals surface area (Å²) < 4.78 is 22.6. The Kier molecular flexibility index (Phi) is 14.0. The van der Waals surface area contributed by atoms with E-state index in [4.69, 9.17) is 18.9 Å². The lowest BCUT2D eigenvalue weighted by molar-refractivity contribution is -0.146. The molecule has 2 aliphatic rings. The molecule has 1 saturated heterocycles. The lowest BCUT2D eigenvalue weighted by atomic mass is 9.83. The van der Waals surface area contributed by atoms with Crippen LogP contribution in [0, 0.1) is 29.6 Å². The molecule has 0 unspecified atom stereocenters. The van der Waals surface area contributed by atoms with Crippen LogP contribution in [-0.2, 0) is 30.2 Å². The molecule has 2 N–H and O–H groups in total. The third kappa shape index (κ3) is 12.1. The van der Waals surface area contributed by atoms with E-state index < -0.39 is 23.8 Å². The van der Waals surface area contributed by atoms with Crippen molar-refractivity contribution in [1.29, 1.82) is 0 Å². The molecule has 1 aliphatic heterocycles. The van der Waals surface area contributed by atoms with Crippen LogP contribution in [-0.4, -0.2) is 56.0 Å². The quantitative estimate of drug-likeness (QED) is 0.146. The number of cyclic esters (lactones) is 1. The van der Waals surface area contributed by atoms with Crippen LogP contribution >= 0.6 is 0 Å². The van der Waals surface area contributed by atoms with Crippen LogP contribution in [0.15, 0.2) is 18.2 Å². The van der Waals surface area contributed by atoms with Gasteiger partial charge in [0.15, 0.2) is 0 Å². The van der Waals surface area contributed by atoms with Crippen molar-refractivity contribution in [1.82, 2.24) is 5.32 Å². The smallest absolute Gasteiger partial charge is 0.408 e. The van der Waals surface area contributed by atoms with E-state index in [9.17, 15) is 14.4 Å². The van der Waals surface area contributed by atoms with Crippen molar-refractivity contribution in [3.8, 4) is 5.75 Å². The van der Waals surface area contributed by atoms with Gasteiger partial charge in [0.25, 0.3) is 0 Å². The van der Waals surface area contributed by atoms with E-state index in [0.29, 0.717) is 43.4 Å². The van der Waals surface area contributed by atoms with E-state index in [0.717, 1.165) is 12.8 Å². The lowest BCUT2D eigenvalue weighted by Crippen LogP contribution is -2.47. The van der Waals surface area contributed by atoms with E-state index in [-0.39, 0.29) is 42.0 Å². The molecule has 0 spiro atoms. The van der Waals surface area contributed by atoms with Crippen molar-refractivity contribution in [2.45, 2.75) is 124 Å². The zero-order chi connectivity index (χ0) is 33.1. The lowest BCUT2D eigenvalue weighted by Gasteiger charge is -2.31. The number of nitrogens with one attached hydrogen (secondary N) is 2. The van der Waals surface area contributed by atoms with Gasteiger partial charge in [0.2, 0.25) is 5.91 Å². The van der Waals surface area contributed by atoms with Crippen molar-refractivity contribution in [3.63, 3.8) is 0 Å². The van der Waals surface area contributed by atoms with Gasteiger partial charge in [-0.05, 0) is 81.4 Å². The molecule has 254 valence electrons. The number of carbonyl (C=O) groups is 3. The third-order valence-electron chi connectivity index (χ3n) is 9.03.